The molecule has 5 rings (SSSR count). The standard InChI is InChI=1S/C28H26N2O5/c31-23-18-26(30-17-16-25(32)29-27(30)33)35-24(23)19-34-28(20-10-4-1-5-11-20,21-12-6-2-7-13-21)22-14-8-3-9-15-22/h1-17,23-24,26,31H,18-19H2,(H,29,32,33)/t23-,24-,26-/m0/s1. The summed E-state index contributed by atoms with van der Waals surface area (Å²) in [6.45, 7) is 0.0778. The summed E-state index contributed by atoms with van der Waals surface area (Å²) in [7, 11) is 0. The molecule has 178 valence electrons. The van der Waals surface area contributed by atoms with Gasteiger partial charge in [0.25, 0.3) is 5.56 Å². The monoisotopic (exact) mass is 470 g/mol. The summed E-state index contributed by atoms with van der Waals surface area (Å²) in [6.07, 6.45) is -0.644. The van der Waals surface area contributed by atoms with Crippen molar-refractivity contribution in [3.8, 4) is 0 Å². The average molecular weight is 471 g/mol. The van der Waals surface area contributed by atoms with Gasteiger partial charge >= 0.3 is 5.69 Å². The third-order valence-corrected chi connectivity index (χ3v) is 6.37. The minimum Gasteiger partial charge on any atom is -0.390 e. The molecule has 7 heteroatoms. The topological polar surface area (TPSA) is 93.6 Å². The fraction of sp³-hybridized carbons (Fsp3) is 0.214. The van der Waals surface area contributed by atoms with Gasteiger partial charge in [0, 0.05) is 18.7 Å². The van der Waals surface area contributed by atoms with E-state index in [1.807, 2.05) is 91.0 Å². The number of rotatable bonds is 7. The van der Waals surface area contributed by atoms with E-state index in [1.165, 1.54) is 16.8 Å². The van der Waals surface area contributed by atoms with Crippen LogP contribution >= 0.6 is 0 Å². The molecule has 1 aliphatic rings. The highest BCUT2D eigenvalue weighted by Gasteiger charge is 2.41. The molecule has 35 heavy (non-hydrogen) atoms. The van der Waals surface area contributed by atoms with Crippen LogP contribution in [-0.4, -0.2) is 33.5 Å². The van der Waals surface area contributed by atoms with Crippen LogP contribution < -0.4 is 11.2 Å². The second-order valence-corrected chi connectivity index (χ2v) is 8.54. The first-order valence-corrected chi connectivity index (χ1v) is 11.5. The van der Waals surface area contributed by atoms with Gasteiger partial charge in [-0.2, -0.15) is 0 Å². The van der Waals surface area contributed by atoms with Gasteiger partial charge in [-0.3, -0.25) is 14.3 Å². The third kappa shape index (κ3) is 4.49. The maximum atomic E-state index is 12.2. The lowest BCUT2D eigenvalue weighted by Crippen LogP contribution is -2.38. The minimum atomic E-state index is -0.945. The van der Waals surface area contributed by atoms with E-state index in [2.05, 4.69) is 4.98 Å². The van der Waals surface area contributed by atoms with Crippen LogP contribution in [0.3, 0.4) is 0 Å². The first-order valence-electron chi connectivity index (χ1n) is 11.5. The normalized spacial score (nSPS) is 20.1. The Morgan fingerprint density at radius 2 is 1.37 bits per heavy atom. The van der Waals surface area contributed by atoms with Crippen LogP contribution in [0.2, 0.25) is 0 Å². The van der Waals surface area contributed by atoms with Crippen LogP contribution in [0.5, 0.6) is 0 Å². The molecule has 0 aliphatic carbocycles. The molecular weight excluding hydrogens is 444 g/mol. The largest absolute Gasteiger partial charge is 0.390 e. The van der Waals surface area contributed by atoms with Crippen molar-refractivity contribution in [2.45, 2.75) is 30.5 Å². The maximum Gasteiger partial charge on any atom is 0.330 e. The van der Waals surface area contributed by atoms with E-state index >= 15 is 0 Å². The zero-order valence-corrected chi connectivity index (χ0v) is 19.0. The van der Waals surface area contributed by atoms with E-state index in [4.69, 9.17) is 9.47 Å². The van der Waals surface area contributed by atoms with Gasteiger partial charge in [-0.25, -0.2) is 4.79 Å². The summed E-state index contributed by atoms with van der Waals surface area (Å²) in [6, 6.07) is 31.1. The zero-order chi connectivity index (χ0) is 24.3. The van der Waals surface area contributed by atoms with Gasteiger partial charge in [0.1, 0.15) is 17.9 Å². The second-order valence-electron chi connectivity index (χ2n) is 8.54. The molecule has 2 heterocycles. The molecule has 0 spiro atoms. The molecule has 3 atom stereocenters. The van der Waals surface area contributed by atoms with E-state index in [9.17, 15) is 14.7 Å². The molecule has 0 amide bonds. The molecule has 4 aromatic rings. The number of hydrogen-bond acceptors (Lipinski definition) is 5. The van der Waals surface area contributed by atoms with E-state index in [-0.39, 0.29) is 13.0 Å². The lowest BCUT2D eigenvalue weighted by atomic mass is 9.80. The van der Waals surface area contributed by atoms with Crippen LogP contribution in [0.1, 0.15) is 29.3 Å². The molecule has 2 N–H and O–H groups in total. The number of ether oxygens (including phenoxy) is 2. The highest BCUT2D eigenvalue weighted by Crippen LogP contribution is 2.41. The summed E-state index contributed by atoms with van der Waals surface area (Å²) in [4.78, 5) is 25.9. The SMILES string of the molecule is O=c1ccn([C@@H]2C[C@H](O)[C@H](COC(c3ccccc3)(c3ccccc3)c3ccccc3)O2)c(=O)[nH]1. The molecule has 1 aliphatic heterocycles. The Labute approximate surface area is 202 Å². The van der Waals surface area contributed by atoms with Crippen molar-refractivity contribution in [3.05, 3.63) is 141 Å². The zero-order valence-electron chi connectivity index (χ0n) is 19.0. The highest BCUT2D eigenvalue weighted by atomic mass is 16.6. The smallest absolute Gasteiger partial charge is 0.330 e. The lowest BCUT2D eigenvalue weighted by Gasteiger charge is -2.37. The first kappa shape index (κ1) is 23.0. The van der Waals surface area contributed by atoms with Crippen molar-refractivity contribution in [3.63, 3.8) is 0 Å². The Bertz CT molecular complexity index is 1270. The summed E-state index contributed by atoms with van der Waals surface area (Å²) in [5.41, 5.74) is 0.821. The molecule has 7 nitrogen and oxygen atoms in total. The Morgan fingerprint density at radius 3 is 1.86 bits per heavy atom. The number of hydrogen-bond donors (Lipinski definition) is 2. The van der Waals surface area contributed by atoms with E-state index in [0.717, 1.165) is 16.7 Å². The number of benzene rings is 3. The number of nitrogens with zero attached hydrogens (tertiary/aromatic N) is 1. The number of aromatic amines is 1. The lowest BCUT2D eigenvalue weighted by molar-refractivity contribution is -0.0944. The molecular formula is C28H26N2O5. The van der Waals surface area contributed by atoms with Gasteiger partial charge in [-0.15, -0.1) is 0 Å². The van der Waals surface area contributed by atoms with Crippen LogP contribution in [0.25, 0.3) is 0 Å². The van der Waals surface area contributed by atoms with Gasteiger partial charge in [-0.1, -0.05) is 91.0 Å². The van der Waals surface area contributed by atoms with Crippen molar-refractivity contribution < 1.29 is 14.6 Å². The highest BCUT2D eigenvalue weighted by molar-refractivity contribution is 5.47. The molecule has 1 saturated heterocycles. The number of nitrogens with one attached hydrogen (secondary N) is 1. The average Bonchev–Trinajstić information content (AvgIpc) is 3.26. The van der Waals surface area contributed by atoms with Crippen LogP contribution in [0, 0.1) is 0 Å². The predicted molar refractivity (Wildman–Crippen MR) is 131 cm³/mol. The second kappa shape index (κ2) is 9.84. The Balaban J connectivity index is 1.50. The van der Waals surface area contributed by atoms with Crippen LogP contribution in [0.15, 0.2) is 113 Å². The van der Waals surface area contributed by atoms with Crippen LogP contribution in [0.4, 0.5) is 0 Å². The van der Waals surface area contributed by atoms with Crippen molar-refractivity contribution in [1.82, 2.24) is 9.55 Å². The number of aliphatic hydroxyl groups is 1. The fourth-order valence-electron chi connectivity index (χ4n) is 4.67. The van der Waals surface area contributed by atoms with Crippen molar-refractivity contribution in [1.29, 1.82) is 0 Å². The molecule has 0 saturated carbocycles. The first-order chi connectivity index (χ1) is 17.1. The summed E-state index contributed by atoms with van der Waals surface area (Å²) in [5.74, 6) is 0. The Kier molecular flexibility index (Phi) is 6.46. The third-order valence-electron chi connectivity index (χ3n) is 6.37. The van der Waals surface area contributed by atoms with Gasteiger partial charge in [0.2, 0.25) is 0 Å². The molecule has 0 radical (unpaired) electrons. The number of H-pyrrole nitrogens is 1. The predicted octanol–water partition coefficient (Wildman–Crippen LogP) is 3.19. The van der Waals surface area contributed by atoms with E-state index in [0.29, 0.717) is 0 Å². The van der Waals surface area contributed by atoms with Gasteiger partial charge in [0.05, 0.1) is 12.7 Å². The number of aliphatic hydroxyl groups excluding tert-OH is 1. The maximum absolute atomic E-state index is 12.2. The van der Waals surface area contributed by atoms with Gasteiger partial charge in [-0.05, 0) is 16.7 Å². The summed E-state index contributed by atoms with van der Waals surface area (Å²) in [5, 5.41) is 10.8. The molecule has 0 bridgehead atoms. The van der Waals surface area contributed by atoms with Crippen molar-refractivity contribution >= 4 is 0 Å². The molecule has 1 fully saturated rings. The molecule has 3 aromatic carbocycles. The summed E-state index contributed by atoms with van der Waals surface area (Å²) >= 11 is 0. The van der Waals surface area contributed by atoms with Crippen LogP contribution in [-0.2, 0) is 15.1 Å². The number of aromatic nitrogens is 2. The van der Waals surface area contributed by atoms with Gasteiger partial charge < -0.3 is 14.6 Å². The quantitative estimate of drug-likeness (QED) is 0.405. The minimum absolute atomic E-state index is 0.0778. The van der Waals surface area contributed by atoms with E-state index in [1.54, 1.807) is 0 Å². The van der Waals surface area contributed by atoms with E-state index < -0.39 is 35.3 Å². The molecule has 1 aromatic heterocycles. The Morgan fingerprint density at radius 1 is 0.857 bits per heavy atom. The van der Waals surface area contributed by atoms with Crippen molar-refractivity contribution in [2.75, 3.05) is 6.61 Å². The fourth-order valence-corrected chi connectivity index (χ4v) is 4.67. The summed E-state index contributed by atoms with van der Waals surface area (Å²) < 4.78 is 14.1. The van der Waals surface area contributed by atoms with Crippen molar-refractivity contribution in [2.24, 2.45) is 0 Å². The van der Waals surface area contributed by atoms with Gasteiger partial charge in [0.15, 0.2) is 0 Å². The molecule has 0 unspecified atom stereocenters. The Hall–Kier alpha value is -3.78.